The molecule has 0 nitrogen and oxygen atoms in total. The first-order valence-electron chi connectivity index (χ1n) is 11.9. The van der Waals surface area contributed by atoms with Gasteiger partial charge in [-0.3, -0.25) is 0 Å². The van der Waals surface area contributed by atoms with Crippen molar-refractivity contribution in [3.05, 3.63) is 106 Å². The molecule has 0 N–H and O–H groups in total. The minimum Gasteiger partial charge on any atom is -0.0683 e. The molecule has 0 aliphatic heterocycles. The fourth-order valence-electron chi connectivity index (χ4n) is 2.83. The zero-order chi connectivity index (χ0) is 23.9. The van der Waals surface area contributed by atoms with Crippen molar-refractivity contribution in [2.45, 2.75) is 67.2 Å². The van der Waals surface area contributed by atoms with Crippen molar-refractivity contribution in [1.29, 1.82) is 0 Å². The van der Waals surface area contributed by atoms with Crippen molar-refractivity contribution in [2.75, 3.05) is 0 Å². The van der Waals surface area contributed by atoms with Gasteiger partial charge in [-0.15, -0.1) is 0 Å². The summed E-state index contributed by atoms with van der Waals surface area (Å²) in [6.45, 7) is 16.8. The summed E-state index contributed by atoms with van der Waals surface area (Å²) in [6.07, 6.45) is 0. The zero-order valence-electron chi connectivity index (χ0n) is 21.1. The summed E-state index contributed by atoms with van der Waals surface area (Å²) in [7, 11) is 0. The summed E-state index contributed by atoms with van der Waals surface area (Å²) in [4.78, 5) is 0. The Morgan fingerprint density at radius 2 is 0.562 bits per heavy atom. The Morgan fingerprint density at radius 3 is 0.750 bits per heavy atom. The van der Waals surface area contributed by atoms with Gasteiger partial charge in [0.15, 0.2) is 0 Å². The third kappa shape index (κ3) is 8.88. The normalized spacial score (nSPS) is 9.31. The minimum absolute atomic E-state index is 0.545. The van der Waals surface area contributed by atoms with E-state index in [0.29, 0.717) is 11.8 Å². The van der Waals surface area contributed by atoms with Crippen LogP contribution in [0.5, 0.6) is 0 Å². The monoisotopic (exact) mass is 422 g/mol. The highest BCUT2D eigenvalue weighted by Gasteiger charge is 1.98. The fourth-order valence-corrected chi connectivity index (χ4v) is 2.83. The first-order chi connectivity index (χ1) is 15.5. The predicted octanol–water partition coefficient (Wildman–Crippen LogP) is 8.79. The van der Waals surface area contributed by atoms with E-state index >= 15 is 0 Å². The molecule has 0 unspecified atom stereocenters. The van der Waals surface area contributed by atoms with Crippen LogP contribution in [0.15, 0.2) is 72.8 Å². The molecule has 0 saturated heterocycles. The van der Waals surface area contributed by atoms with E-state index in [0.717, 1.165) is 22.3 Å². The van der Waals surface area contributed by atoms with Gasteiger partial charge in [0.1, 0.15) is 0 Å². The topological polar surface area (TPSA) is 0 Å². The van der Waals surface area contributed by atoms with E-state index in [2.05, 4.69) is 99.9 Å². The molecule has 32 heavy (non-hydrogen) atoms. The number of rotatable bonds is 2. The van der Waals surface area contributed by atoms with Crippen molar-refractivity contribution in [1.82, 2.24) is 0 Å². The molecule has 0 fully saturated rings. The van der Waals surface area contributed by atoms with Gasteiger partial charge in [0, 0.05) is 22.3 Å². The molecule has 0 radical (unpaired) electrons. The lowest BCUT2D eigenvalue weighted by Crippen LogP contribution is -1.86. The Hall–Kier alpha value is -3.22. The summed E-state index contributed by atoms with van der Waals surface area (Å²) in [5, 5.41) is 0. The van der Waals surface area contributed by atoms with E-state index in [9.17, 15) is 0 Å². The highest BCUT2D eigenvalue weighted by molar-refractivity contribution is 5.48. The fraction of sp³-hybridized carbons (Fsp3) is 0.312. The number of benzene rings is 3. The smallest absolute Gasteiger partial charge is 0.0249 e. The minimum atomic E-state index is 0.545. The molecule has 3 aromatic rings. The molecule has 0 heteroatoms. The lowest BCUT2D eigenvalue weighted by Gasteiger charge is -2.03. The Balaban J connectivity index is 0.00000121. The molecule has 0 saturated carbocycles. The van der Waals surface area contributed by atoms with Crippen LogP contribution in [0.2, 0.25) is 0 Å². The van der Waals surface area contributed by atoms with Crippen LogP contribution in [0, 0.1) is 23.7 Å². The SMILES string of the molecule is CC.CC.CC(C)c1ccc(C#Cc2ccc(C#Cc3ccc(C(C)C)cc3)cc2)cc1. The molecule has 0 atom stereocenters. The average Bonchev–Trinajstić information content (AvgIpc) is 2.85. The van der Waals surface area contributed by atoms with Gasteiger partial charge in [0.25, 0.3) is 0 Å². The molecule has 0 heterocycles. The summed E-state index contributed by atoms with van der Waals surface area (Å²) in [5.41, 5.74) is 6.76. The molecule has 0 amide bonds. The van der Waals surface area contributed by atoms with Gasteiger partial charge in [-0.1, -0.05) is 103 Å². The van der Waals surface area contributed by atoms with Crippen molar-refractivity contribution < 1.29 is 0 Å². The Morgan fingerprint density at radius 1 is 0.375 bits per heavy atom. The highest BCUT2D eigenvalue weighted by atomic mass is 14.0. The summed E-state index contributed by atoms with van der Waals surface area (Å²) >= 11 is 0. The maximum absolute atomic E-state index is 3.23. The number of hydrogen-bond donors (Lipinski definition) is 0. The van der Waals surface area contributed by atoms with Crippen molar-refractivity contribution >= 4 is 0 Å². The molecule has 0 aliphatic rings. The molecule has 0 aromatic heterocycles. The quantitative estimate of drug-likeness (QED) is 0.362. The second-order valence-electron chi connectivity index (χ2n) is 7.63. The Kier molecular flexibility index (Phi) is 12.3. The molecule has 0 aliphatic carbocycles. The Bertz CT molecular complexity index is 936. The largest absolute Gasteiger partial charge is 0.0683 e. The second-order valence-corrected chi connectivity index (χ2v) is 7.63. The molecule has 0 spiro atoms. The van der Waals surface area contributed by atoms with Crippen LogP contribution in [0.4, 0.5) is 0 Å². The van der Waals surface area contributed by atoms with Crippen LogP contribution in [-0.4, -0.2) is 0 Å². The predicted molar refractivity (Wildman–Crippen MR) is 142 cm³/mol. The van der Waals surface area contributed by atoms with Crippen LogP contribution >= 0.6 is 0 Å². The molecule has 3 rings (SSSR count). The van der Waals surface area contributed by atoms with E-state index in [1.54, 1.807) is 0 Å². The maximum atomic E-state index is 3.23. The van der Waals surface area contributed by atoms with Crippen molar-refractivity contribution in [2.24, 2.45) is 0 Å². The first kappa shape index (κ1) is 26.8. The van der Waals surface area contributed by atoms with E-state index in [1.807, 2.05) is 52.0 Å². The van der Waals surface area contributed by atoms with Crippen LogP contribution in [-0.2, 0) is 0 Å². The van der Waals surface area contributed by atoms with Crippen LogP contribution < -0.4 is 0 Å². The summed E-state index contributed by atoms with van der Waals surface area (Å²) < 4.78 is 0. The van der Waals surface area contributed by atoms with Crippen LogP contribution in [0.1, 0.15) is 101 Å². The van der Waals surface area contributed by atoms with E-state index in [-0.39, 0.29) is 0 Å². The number of hydrogen-bond acceptors (Lipinski definition) is 0. The van der Waals surface area contributed by atoms with Crippen molar-refractivity contribution in [3.63, 3.8) is 0 Å². The van der Waals surface area contributed by atoms with Gasteiger partial charge < -0.3 is 0 Å². The second kappa shape index (κ2) is 14.7. The average molecular weight is 423 g/mol. The van der Waals surface area contributed by atoms with Gasteiger partial charge in [-0.25, -0.2) is 0 Å². The maximum Gasteiger partial charge on any atom is 0.0249 e. The van der Waals surface area contributed by atoms with Gasteiger partial charge in [-0.05, 0) is 71.5 Å². The third-order valence-corrected chi connectivity index (χ3v) is 4.74. The molecule has 3 aromatic carbocycles. The van der Waals surface area contributed by atoms with Gasteiger partial charge in [-0.2, -0.15) is 0 Å². The zero-order valence-corrected chi connectivity index (χ0v) is 21.1. The standard InChI is InChI=1S/C28H26.2C2H6/c1-21(2)27-17-13-25(14-18-27)11-9-23-5-7-24(8-6-23)10-12-26-15-19-28(20-16-26)22(3)4;2*1-2/h5-8,13-22H,1-4H3;2*1-2H3. The Labute approximate surface area is 197 Å². The molecular weight excluding hydrogens is 384 g/mol. The lowest BCUT2D eigenvalue weighted by atomic mass is 10.0. The van der Waals surface area contributed by atoms with Crippen LogP contribution in [0.25, 0.3) is 0 Å². The van der Waals surface area contributed by atoms with Gasteiger partial charge >= 0.3 is 0 Å². The highest BCUT2D eigenvalue weighted by Crippen LogP contribution is 2.15. The van der Waals surface area contributed by atoms with Crippen molar-refractivity contribution in [3.8, 4) is 23.7 Å². The lowest BCUT2D eigenvalue weighted by molar-refractivity contribution is 0.866. The summed E-state index contributed by atoms with van der Waals surface area (Å²) in [5.74, 6) is 14.0. The molecular formula is C32H38. The van der Waals surface area contributed by atoms with E-state index in [4.69, 9.17) is 0 Å². The van der Waals surface area contributed by atoms with Gasteiger partial charge in [0.2, 0.25) is 0 Å². The van der Waals surface area contributed by atoms with E-state index in [1.165, 1.54) is 11.1 Å². The molecule has 166 valence electrons. The molecule has 0 bridgehead atoms. The summed E-state index contributed by atoms with van der Waals surface area (Å²) in [6, 6.07) is 25.1. The van der Waals surface area contributed by atoms with Gasteiger partial charge in [0.05, 0.1) is 0 Å². The van der Waals surface area contributed by atoms with E-state index < -0.39 is 0 Å². The van der Waals surface area contributed by atoms with Crippen LogP contribution in [0.3, 0.4) is 0 Å². The third-order valence-electron chi connectivity index (χ3n) is 4.74. The first-order valence-corrected chi connectivity index (χ1v) is 11.9.